The van der Waals surface area contributed by atoms with Gasteiger partial charge in [-0.3, -0.25) is 0 Å². The smallest absolute Gasteiger partial charge is 0.0702 e. The van der Waals surface area contributed by atoms with E-state index in [1.54, 1.807) is 0 Å². The van der Waals surface area contributed by atoms with Gasteiger partial charge in [-0.25, -0.2) is 0 Å². The predicted octanol–water partition coefficient (Wildman–Crippen LogP) is 14.7. The third-order valence-corrected chi connectivity index (χ3v) is 11.3. The Hall–Kier alpha value is -7.62. The van der Waals surface area contributed by atoms with Gasteiger partial charge in [0, 0.05) is 38.5 Å². The first-order valence-corrected chi connectivity index (χ1v) is 19.5. The molecule has 9 aromatic carbocycles. The summed E-state index contributed by atoms with van der Waals surface area (Å²) < 4.78 is 4.87. The molecular weight excluding hydrogens is 691 g/mol. The number of para-hydroxylation sites is 6. The van der Waals surface area contributed by atoms with Crippen molar-refractivity contribution in [3.63, 3.8) is 0 Å². The van der Waals surface area contributed by atoms with Crippen LogP contribution < -0.4 is 4.90 Å². The number of aromatic nitrogens is 2. The molecule has 57 heavy (non-hydrogen) atoms. The summed E-state index contributed by atoms with van der Waals surface area (Å²) in [5.41, 5.74) is 14.9. The van der Waals surface area contributed by atoms with Gasteiger partial charge >= 0.3 is 0 Å². The van der Waals surface area contributed by atoms with Gasteiger partial charge in [0.25, 0.3) is 0 Å². The predicted molar refractivity (Wildman–Crippen MR) is 241 cm³/mol. The summed E-state index contributed by atoms with van der Waals surface area (Å²) in [6.07, 6.45) is 0. The monoisotopic (exact) mass is 727 g/mol. The first-order chi connectivity index (χ1) is 28.3. The molecule has 0 aliphatic rings. The fourth-order valence-corrected chi connectivity index (χ4v) is 8.87. The van der Waals surface area contributed by atoms with Crippen LogP contribution in [0.1, 0.15) is 0 Å². The summed E-state index contributed by atoms with van der Waals surface area (Å²) in [6.45, 7) is 0. The Morgan fingerprint density at radius 3 is 1.54 bits per heavy atom. The molecule has 0 aliphatic heterocycles. The fraction of sp³-hybridized carbons (Fsp3) is 0. The van der Waals surface area contributed by atoms with Crippen LogP contribution in [0.5, 0.6) is 0 Å². The molecule has 268 valence electrons. The SMILES string of the molecule is c1ccc(-c2ccccc2N(c2ccc3c4c(-c5ccccc5)cccc4n(-c4ccccc4)c3c2)c2ccccc2-n2c3ccccc3c3ccccc32)cc1. The molecular formula is C54H37N3. The van der Waals surface area contributed by atoms with Gasteiger partial charge in [-0.15, -0.1) is 0 Å². The van der Waals surface area contributed by atoms with Crippen molar-refractivity contribution in [3.05, 3.63) is 224 Å². The second-order valence-electron chi connectivity index (χ2n) is 14.5. The Balaban J connectivity index is 1.24. The number of hydrogen-bond acceptors (Lipinski definition) is 1. The molecule has 0 fully saturated rings. The first-order valence-electron chi connectivity index (χ1n) is 19.5. The van der Waals surface area contributed by atoms with Gasteiger partial charge in [0.15, 0.2) is 0 Å². The quantitative estimate of drug-likeness (QED) is 0.159. The van der Waals surface area contributed by atoms with E-state index in [0.29, 0.717) is 0 Å². The summed E-state index contributed by atoms with van der Waals surface area (Å²) >= 11 is 0. The van der Waals surface area contributed by atoms with E-state index in [1.807, 2.05) is 0 Å². The maximum atomic E-state index is 2.46. The highest BCUT2D eigenvalue weighted by molar-refractivity contribution is 6.17. The van der Waals surface area contributed by atoms with Crippen molar-refractivity contribution in [1.82, 2.24) is 9.13 Å². The number of fused-ring (bicyclic) bond motifs is 6. The molecule has 11 aromatic rings. The van der Waals surface area contributed by atoms with Gasteiger partial charge in [0.2, 0.25) is 0 Å². The second kappa shape index (κ2) is 13.6. The van der Waals surface area contributed by atoms with E-state index in [0.717, 1.165) is 39.5 Å². The zero-order valence-electron chi connectivity index (χ0n) is 31.2. The average Bonchev–Trinajstić information content (AvgIpc) is 3.80. The van der Waals surface area contributed by atoms with E-state index in [-0.39, 0.29) is 0 Å². The maximum Gasteiger partial charge on any atom is 0.0702 e. The third-order valence-electron chi connectivity index (χ3n) is 11.3. The van der Waals surface area contributed by atoms with Crippen LogP contribution in [0.4, 0.5) is 17.1 Å². The highest BCUT2D eigenvalue weighted by Crippen LogP contribution is 2.47. The fourth-order valence-electron chi connectivity index (χ4n) is 8.87. The molecule has 0 unspecified atom stereocenters. The van der Waals surface area contributed by atoms with Gasteiger partial charge in [0.05, 0.1) is 39.1 Å². The van der Waals surface area contributed by atoms with Crippen molar-refractivity contribution in [2.45, 2.75) is 0 Å². The molecule has 0 radical (unpaired) electrons. The zero-order chi connectivity index (χ0) is 37.7. The maximum absolute atomic E-state index is 2.46. The van der Waals surface area contributed by atoms with Crippen LogP contribution in [0.25, 0.3) is 77.2 Å². The summed E-state index contributed by atoms with van der Waals surface area (Å²) in [5, 5.41) is 4.93. The van der Waals surface area contributed by atoms with Crippen molar-refractivity contribution in [2.24, 2.45) is 0 Å². The standard InChI is InChI=1S/C54H37N3/c1-4-19-38(20-5-1)42-25-10-13-29-47(42)56(50-32-16-17-33-51(50)57-48-30-14-11-26-44(48)45-27-12-15-31-49(45)57)41-35-36-46-53(37-41)55(40-23-8-3-9-24-40)52-34-18-28-43(54(46)52)39-21-6-2-7-22-39/h1-37H. The number of anilines is 3. The Kier molecular flexibility index (Phi) is 7.82. The third kappa shape index (κ3) is 5.36. The molecule has 0 atom stereocenters. The van der Waals surface area contributed by atoms with E-state index in [2.05, 4.69) is 238 Å². The van der Waals surface area contributed by atoms with E-state index in [1.165, 1.54) is 54.8 Å². The zero-order valence-corrected chi connectivity index (χ0v) is 31.2. The van der Waals surface area contributed by atoms with Crippen molar-refractivity contribution in [1.29, 1.82) is 0 Å². The molecule has 0 amide bonds. The Bertz CT molecular complexity index is 3180. The molecule has 11 rings (SSSR count). The molecule has 2 heterocycles. The Labute approximate surface area is 331 Å². The van der Waals surface area contributed by atoms with Crippen LogP contribution in [0.2, 0.25) is 0 Å². The van der Waals surface area contributed by atoms with E-state index >= 15 is 0 Å². The lowest BCUT2D eigenvalue weighted by molar-refractivity contribution is 1.15. The topological polar surface area (TPSA) is 13.1 Å². The molecule has 3 heteroatoms. The lowest BCUT2D eigenvalue weighted by atomic mass is 9.99. The number of benzene rings is 9. The van der Waals surface area contributed by atoms with Crippen molar-refractivity contribution in [2.75, 3.05) is 4.90 Å². The largest absolute Gasteiger partial charge is 0.309 e. The minimum Gasteiger partial charge on any atom is -0.309 e. The highest BCUT2D eigenvalue weighted by atomic mass is 15.2. The van der Waals surface area contributed by atoms with Crippen LogP contribution in [-0.2, 0) is 0 Å². The van der Waals surface area contributed by atoms with E-state index < -0.39 is 0 Å². The normalized spacial score (nSPS) is 11.5. The van der Waals surface area contributed by atoms with Crippen LogP contribution in [0.3, 0.4) is 0 Å². The van der Waals surface area contributed by atoms with E-state index in [4.69, 9.17) is 0 Å². The molecule has 0 saturated heterocycles. The number of nitrogens with zero attached hydrogens (tertiary/aromatic N) is 3. The molecule has 0 bridgehead atoms. The highest BCUT2D eigenvalue weighted by Gasteiger charge is 2.24. The van der Waals surface area contributed by atoms with Crippen LogP contribution in [0, 0.1) is 0 Å². The van der Waals surface area contributed by atoms with Gasteiger partial charge in [0.1, 0.15) is 0 Å². The van der Waals surface area contributed by atoms with Gasteiger partial charge in [-0.05, 0) is 77.4 Å². The average molecular weight is 728 g/mol. The number of hydrogen-bond donors (Lipinski definition) is 0. The van der Waals surface area contributed by atoms with E-state index in [9.17, 15) is 0 Å². The van der Waals surface area contributed by atoms with Crippen molar-refractivity contribution < 1.29 is 0 Å². The molecule has 2 aromatic heterocycles. The van der Waals surface area contributed by atoms with Crippen molar-refractivity contribution in [3.8, 4) is 33.6 Å². The molecule has 0 aliphatic carbocycles. The van der Waals surface area contributed by atoms with Crippen LogP contribution >= 0.6 is 0 Å². The minimum absolute atomic E-state index is 1.07. The van der Waals surface area contributed by atoms with Crippen molar-refractivity contribution >= 4 is 60.7 Å². The van der Waals surface area contributed by atoms with Gasteiger partial charge in [-0.1, -0.05) is 164 Å². The van der Waals surface area contributed by atoms with Crippen LogP contribution in [0.15, 0.2) is 224 Å². The first kappa shape index (κ1) is 32.8. The Morgan fingerprint density at radius 2 is 0.842 bits per heavy atom. The second-order valence-corrected chi connectivity index (χ2v) is 14.5. The van der Waals surface area contributed by atoms with Crippen LogP contribution in [-0.4, -0.2) is 9.13 Å². The minimum atomic E-state index is 1.07. The number of rotatable bonds is 7. The van der Waals surface area contributed by atoms with Gasteiger partial charge < -0.3 is 14.0 Å². The molecule has 0 N–H and O–H groups in total. The summed E-state index contributed by atoms with van der Waals surface area (Å²) in [4.78, 5) is 2.46. The van der Waals surface area contributed by atoms with Gasteiger partial charge in [-0.2, -0.15) is 0 Å². The summed E-state index contributed by atoms with van der Waals surface area (Å²) in [5.74, 6) is 0. The molecule has 0 spiro atoms. The Morgan fingerprint density at radius 1 is 0.316 bits per heavy atom. The lowest BCUT2D eigenvalue weighted by Crippen LogP contribution is -2.14. The molecule has 0 saturated carbocycles. The molecule has 3 nitrogen and oxygen atoms in total. The lowest BCUT2D eigenvalue weighted by Gasteiger charge is -2.30. The summed E-state index contributed by atoms with van der Waals surface area (Å²) in [7, 11) is 0. The summed E-state index contributed by atoms with van der Waals surface area (Å²) in [6, 6.07) is 81.2.